The van der Waals surface area contributed by atoms with Crippen LogP contribution in [0.2, 0.25) is 0 Å². The van der Waals surface area contributed by atoms with Crippen LogP contribution in [0.4, 0.5) is 10.1 Å². The molecular formula is C13H18FN3O4S. The van der Waals surface area contributed by atoms with Crippen LogP contribution >= 0.6 is 0 Å². The summed E-state index contributed by atoms with van der Waals surface area (Å²) in [5.74, 6) is -0.927. The Morgan fingerprint density at radius 3 is 2.36 bits per heavy atom. The summed E-state index contributed by atoms with van der Waals surface area (Å²) in [5.41, 5.74) is -0.482. The molecule has 0 aromatic heterocycles. The minimum atomic E-state index is -4.08. The number of benzene rings is 1. The first-order chi connectivity index (χ1) is 10.3. The van der Waals surface area contributed by atoms with Gasteiger partial charge in [-0.1, -0.05) is 6.92 Å². The largest absolute Gasteiger partial charge is 0.301 e. The lowest BCUT2D eigenvalue weighted by molar-refractivity contribution is -0.385. The van der Waals surface area contributed by atoms with Gasteiger partial charge in [0.15, 0.2) is 0 Å². The van der Waals surface area contributed by atoms with E-state index in [0.29, 0.717) is 13.1 Å². The standard InChI is InChI=1S/C13H18FN3O4S/c1-3-15-4-6-16(7-5-15)22(20,21)12-9-11(17(18)19)8-10(2)13(12)14/h8-9H,3-7H2,1-2H3. The van der Waals surface area contributed by atoms with E-state index in [1.807, 2.05) is 6.92 Å². The second-order valence-electron chi connectivity index (χ2n) is 5.17. The van der Waals surface area contributed by atoms with Crippen molar-refractivity contribution < 1.29 is 17.7 Å². The number of sulfonamides is 1. The zero-order valence-electron chi connectivity index (χ0n) is 12.5. The first-order valence-electron chi connectivity index (χ1n) is 6.94. The minimum absolute atomic E-state index is 0.0556. The van der Waals surface area contributed by atoms with E-state index in [1.54, 1.807) is 0 Å². The predicted molar refractivity (Wildman–Crippen MR) is 78.7 cm³/mol. The number of non-ortho nitro benzene ring substituents is 1. The molecular weight excluding hydrogens is 313 g/mol. The first-order valence-corrected chi connectivity index (χ1v) is 8.38. The van der Waals surface area contributed by atoms with Gasteiger partial charge in [0.2, 0.25) is 10.0 Å². The molecule has 0 atom stereocenters. The van der Waals surface area contributed by atoms with Gasteiger partial charge in [0.1, 0.15) is 10.7 Å². The number of nitro groups is 1. The van der Waals surface area contributed by atoms with Crippen LogP contribution in [0, 0.1) is 22.9 Å². The molecule has 122 valence electrons. The summed E-state index contributed by atoms with van der Waals surface area (Å²) in [4.78, 5) is 11.6. The summed E-state index contributed by atoms with van der Waals surface area (Å²) in [6.45, 7) is 5.73. The molecule has 0 unspecified atom stereocenters. The second-order valence-corrected chi connectivity index (χ2v) is 7.08. The maximum atomic E-state index is 14.2. The molecule has 0 N–H and O–H groups in total. The maximum absolute atomic E-state index is 14.2. The number of piperazine rings is 1. The van der Waals surface area contributed by atoms with Crippen LogP contribution in [0.15, 0.2) is 17.0 Å². The minimum Gasteiger partial charge on any atom is -0.301 e. The molecule has 1 heterocycles. The second kappa shape index (κ2) is 6.27. The fraction of sp³-hybridized carbons (Fsp3) is 0.538. The summed E-state index contributed by atoms with van der Waals surface area (Å²) in [7, 11) is -4.08. The monoisotopic (exact) mass is 331 g/mol. The van der Waals surface area contributed by atoms with Crippen molar-refractivity contribution in [3.8, 4) is 0 Å². The van der Waals surface area contributed by atoms with Crippen LogP contribution in [-0.4, -0.2) is 55.3 Å². The number of nitrogens with zero attached hydrogens (tertiary/aromatic N) is 3. The van der Waals surface area contributed by atoms with Gasteiger partial charge in [0, 0.05) is 38.3 Å². The molecule has 0 saturated carbocycles. The lowest BCUT2D eigenvalue weighted by Crippen LogP contribution is -2.48. The molecule has 1 saturated heterocycles. The Morgan fingerprint density at radius 1 is 1.27 bits per heavy atom. The molecule has 0 radical (unpaired) electrons. The zero-order valence-corrected chi connectivity index (χ0v) is 13.3. The number of halogens is 1. The normalized spacial score (nSPS) is 17.6. The maximum Gasteiger partial charge on any atom is 0.271 e. The third-order valence-electron chi connectivity index (χ3n) is 3.81. The molecule has 0 bridgehead atoms. The van der Waals surface area contributed by atoms with Gasteiger partial charge < -0.3 is 4.90 Å². The molecule has 0 spiro atoms. The lowest BCUT2D eigenvalue weighted by Gasteiger charge is -2.33. The fourth-order valence-electron chi connectivity index (χ4n) is 2.44. The van der Waals surface area contributed by atoms with Gasteiger partial charge in [0.25, 0.3) is 5.69 Å². The van der Waals surface area contributed by atoms with Gasteiger partial charge in [-0.3, -0.25) is 10.1 Å². The molecule has 1 aromatic carbocycles. The Bertz CT molecular complexity index is 685. The lowest BCUT2D eigenvalue weighted by atomic mass is 10.2. The van der Waals surface area contributed by atoms with Crippen LogP contribution in [-0.2, 0) is 10.0 Å². The quantitative estimate of drug-likeness (QED) is 0.614. The highest BCUT2D eigenvalue weighted by Gasteiger charge is 2.32. The number of rotatable bonds is 4. The predicted octanol–water partition coefficient (Wildman–Crippen LogP) is 1.37. The number of hydrogen-bond acceptors (Lipinski definition) is 5. The fourth-order valence-corrected chi connectivity index (χ4v) is 4.02. The van der Waals surface area contributed by atoms with Crippen molar-refractivity contribution >= 4 is 15.7 Å². The molecule has 1 aromatic rings. The van der Waals surface area contributed by atoms with Crippen LogP contribution in [0.1, 0.15) is 12.5 Å². The van der Waals surface area contributed by atoms with Crippen molar-refractivity contribution in [1.29, 1.82) is 0 Å². The van der Waals surface area contributed by atoms with Crippen molar-refractivity contribution in [3.63, 3.8) is 0 Å². The molecule has 0 amide bonds. The van der Waals surface area contributed by atoms with E-state index in [9.17, 15) is 22.9 Å². The molecule has 2 rings (SSSR count). The van der Waals surface area contributed by atoms with Gasteiger partial charge >= 0.3 is 0 Å². The van der Waals surface area contributed by atoms with Crippen molar-refractivity contribution in [2.75, 3.05) is 32.7 Å². The Hall–Kier alpha value is -1.58. The van der Waals surface area contributed by atoms with Crippen molar-refractivity contribution in [2.24, 2.45) is 0 Å². The van der Waals surface area contributed by atoms with Gasteiger partial charge in [-0.2, -0.15) is 4.31 Å². The molecule has 7 nitrogen and oxygen atoms in total. The van der Waals surface area contributed by atoms with Crippen molar-refractivity contribution in [3.05, 3.63) is 33.6 Å². The van der Waals surface area contributed by atoms with Crippen molar-refractivity contribution in [1.82, 2.24) is 9.21 Å². The Labute approximate surface area is 128 Å². The Balaban J connectivity index is 2.39. The highest BCUT2D eigenvalue weighted by atomic mass is 32.2. The number of nitro benzene ring substituents is 1. The first kappa shape index (κ1) is 16.8. The van der Waals surface area contributed by atoms with E-state index in [-0.39, 0.29) is 18.7 Å². The van der Waals surface area contributed by atoms with Gasteiger partial charge in [-0.25, -0.2) is 12.8 Å². The van der Waals surface area contributed by atoms with E-state index in [2.05, 4.69) is 4.90 Å². The Kier molecular flexibility index (Phi) is 4.78. The third kappa shape index (κ3) is 3.11. The summed E-state index contributed by atoms with van der Waals surface area (Å²) in [6, 6.07) is 1.83. The summed E-state index contributed by atoms with van der Waals surface area (Å²) in [6.07, 6.45) is 0. The van der Waals surface area contributed by atoms with Gasteiger partial charge in [-0.15, -0.1) is 0 Å². The van der Waals surface area contributed by atoms with Crippen LogP contribution in [0.25, 0.3) is 0 Å². The van der Waals surface area contributed by atoms with Crippen molar-refractivity contribution in [2.45, 2.75) is 18.7 Å². The molecule has 0 aliphatic carbocycles. The number of hydrogen-bond donors (Lipinski definition) is 0. The average molecular weight is 331 g/mol. The van der Waals surface area contributed by atoms with E-state index in [1.165, 1.54) is 11.2 Å². The molecule has 1 aliphatic rings. The van der Waals surface area contributed by atoms with Gasteiger partial charge in [-0.05, 0) is 19.0 Å². The number of aryl methyl sites for hydroxylation is 1. The van der Waals surface area contributed by atoms with E-state index in [4.69, 9.17) is 0 Å². The molecule has 1 fully saturated rings. The van der Waals surface area contributed by atoms with Crippen LogP contribution < -0.4 is 0 Å². The van der Waals surface area contributed by atoms with E-state index < -0.39 is 31.3 Å². The highest BCUT2D eigenvalue weighted by Crippen LogP contribution is 2.27. The van der Waals surface area contributed by atoms with E-state index >= 15 is 0 Å². The molecule has 22 heavy (non-hydrogen) atoms. The smallest absolute Gasteiger partial charge is 0.271 e. The summed E-state index contributed by atoms with van der Waals surface area (Å²) < 4.78 is 40.5. The van der Waals surface area contributed by atoms with Gasteiger partial charge in [0.05, 0.1) is 4.92 Å². The Morgan fingerprint density at radius 2 is 1.86 bits per heavy atom. The van der Waals surface area contributed by atoms with Crippen LogP contribution in [0.5, 0.6) is 0 Å². The topological polar surface area (TPSA) is 83.8 Å². The third-order valence-corrected chi connectivity index (χ3v) is 5.71. The zero-order chi connectivity index (χ0) is 16.5. The SMILES string of the molecule is CCN1CCN(S(=O)(=O)c2cc([N+](=O)[O-])cc(C)c2F)CC1. The molecule has 1 aliphatic heterocycles. The summed E-state index contributed by atoms with van der Waals surface area (Å²) in [5, 5.41) is 10.9. The number of likely N-dealkylation sites (N-methyl/N-ethyl adjacent to an activating group) is 1. The summed E-state index contributed by atoms with van der Waals surface area (Å²) >= 11 is 0. The highest BCUT2D eigenvalue weighted by molar-refractivity contribution is 7.89. The molecule has 9 heteroatoms. The van der Waals surface area contributed by atoms with Crippen LogP contribution in [0.3, 0.4) is 0 Å². The van der Waals surface area contributed by atoms with E-state index in [0.717, 1.165) is 18.7 Å². The average Bonchev–Trinajstić information content (AvgIpc) is 2.49.